The predicted molar refractivity (Wildman–Crippen MR) is 121 cm³/mol. The van der Waals surface area contributed by atoms with E-state index in [1.54, 1.807) is 0 Å². The molecule has 6 heteroatoms. The molecule has 0 aliphatic rings. The number of thiophene rings is 1. The molecule has 5 nitrogen and oxygen atoms in total. The van der Waals surface area contributed by atoms with Crippen LogP contribution in [0.2, 0.25) is 0 Å². The van der Waals surface area contributed by atoms with E-state index in [-0.39, 0.29) is 12.5 Å². The Bertz CT molecular complexity index is 1020. The van der Waals surface area contributed by atoms with Crippen molar-refractivity contribution in [1.29, 1.82) is 0 Å². The van der Waals surface area contributed by atoms with E-state index in [4.69, 9.17) is 10.5 Å². The molecule has 0 aliphatic carbocycles. The molecule has 0 unspecified atom stereocenters. The fraction of sp³-hybridized carbons (Fsp3) is 0.250. The highest BCUT2D eigenvalue weighted by Gasteiger charge is 2.21. The molecule has 0 atom stereocenters. The summed E-state index contributed by atoms with van der Waals surface area (Å²) < 4.78 is 5.58. The Morgan fingerprint density at radius 1 is 1.07 bits per heavy atom. The van der Waals surface area contributed by atoms with Crippen LogP contribution in [-0.4, -0.2) is 18.4 Å². The quantitative estimate of drug-likeness (QED) is 0.542. The number of hydrogen-bond acceptors (Lipinski definition) is 4. The fourth-order valence-corrected chi connectivity index (χ4v) is 4.42. The second kappa shape index (κ2) is 9.59. The van der Waals surface area contributed by atoms with E-state index >= 15 is 0 Å². The molecule has 0 fully saturated rings. The molecular formula is C24H26N2O3S. The second-order valence-corrected chi connectivity index (χ2v) is 8.55. The maximum atomic E-state index is 12.4. The van der Waals surface area contributed by atoms with Crippen LogP contribution in [0, 0.1) is 6.92 Å². The van der Waals surface area contributed by atoms with Crippen LogP contribution in [0.15, 0.2) is 54.6 Å². The normalized spacial score (nSPS) is 10.8. The third kappa shape index (κ3) is 5.27. The number of nitrogens with one attached hydrogen (secondary N) is 1. The van der Waals surface area contributed by atoms with Crippen LogP contribution in [0.5, 0.6) is 5.75 Å². The summed E-state index contributed by atoms with van der Waals surface area (Å²) in [4.78, 5) is 25.4. The molecule has 3 rings (SSSR count). The molecule has 2 amide bonds. The van der Waals surface area contributed by atoms with Gasteiger partial charge in [-0.25, -0.2) is 0 Å². The Hall–Kier alpha value is -3.12. The second-order valence-electron chi connectivity index (χ2n) is 7.44. The van der Waals surface area contributed by atoms with Crippen LogP contribution in [0.1, 0.15) is 51.7 Å². The van der Waals surface area contributed by atoms with E-state index in [2.05, 4.69) is 19.2 Å². The van der Waals surface area contributed by atoms with Gasteiger partial charge in [0.2, 0.25) is 0 Å². The highest BCUT2D eigenvalue weighted by atomic mass is 32.1. The number of primary amides is 1. The van der Waals surface area contributed by atoms with Crippen LogP contribution >= 0.6 is 11.3 Å². The number of carbonyl (C=O) groups is 2. The maximum absolute atomic E-state index is 12.4. The van der Waals surface area contributed by atoms with Gasteiger partial charge in [0.1, 0.15) is 10.8 Å². The standard InChI is InChI=1S/C24H26N2O3S/c1-15(2)18-9-11-19(12-10-18)29-14-21(27)26-24-22(23(25)28)16(3)20(30-24)13-17-7-5-4-6-8-17/h4-12,15H,13-14H2,1-3H3,(H2,25,28)(H,26,27). The third-order valence-corrected chi connectivity index (χ3v) is 6.08. The van der Waals surface area contributed by atoms with Crippen molar-refractivity contribution in [3.63, 3.8) is 0 Å². The Morgan fingerprint density at radius 2 is 1.73 bits per heavy atom. The summed E-state index contributed by atoms with van der Waals surface area (Å²) in [7, 11) is 0. The predicted octanol–water partition coefficient (Wildman–Crippen LogP) is 4.89. The Balaban J connectivity index is 1.69. The first-order valence-corrected chi connectivity index (χ1v) is 10.7. The highest BCUT2D eigenvalue weighted by molar-refractivity contribution is 7.17. The first-order chi connectivity index (χ1) is 14.3. The van der Waals surface area contributed by atoms with E-state index < -0.39 is 5.91 Å². The van der Waals surface area contributed by atoms with Crippen LogP contribution in [-0.2, 0) is 11.2 Å². The van der Waals surface area contributed by atoms with Crippen LogP contribution < -0.4 is 15.8 Å². The molecule has 0 bridgehead atoms. The fourth-order valence-electron chi connectivity index (χ4n) is 3.16. The van der Waals surface area contributed by atoms with Gasteiger partial charge in [-0.15, -0.1) is 11.3 Å². The SMILES string of the molecule is Cc1c(Cc2ccccc2)sc(NC(=O)COc2ccc(C(C)C)cc2)c1C(N)=O. The number of carbonyl (C=O) groups excluding carboxylic acids is 2. The lowest BCUT2D eigenvalue weighted by Crippen LogP contribution is -2.22. The summed E-state index contributed by atoms with van der Waals surface area (Å²) in [6.07, 6.45) is 0.673. The first-order valence-electron chi connectivity index (χ1n) is 9.83. The summed E-state index contributed by atoms with van der Waals surface area (Å²) in [6, 6.07) is 17.6. The largest absolute Gasteiger partial charge is 0.484 e. The number of rotatable bonds is 8. The number of nitrogens with two attached hydrogens (primary N) is 1. The van der Waals surface area contributed by atoms with E-state index in [1.807, 2.05) is 61.5 Å². The molecule has 30 heavy (non-hydrogen) atoms. The number of ether oxygens (including phenoxy) is 1. The number of anilines is 1. The molecule has 0 spiro atoms. The van der Waals surface area contributed by atoms with Gasteiger partial charge in [0.05, 0.1) is 5.56 Å². The van der Waals surface area contributed by atoms with Crippen molar-refractivity contribution in [2.24, 2.45) is 5.73 Å². The average Bonchev–Trinajstić information content (AvgIpc) is 3.02. The maximum Gasteiger partial charge on any atom is 0.262 e. The summed E-state index contributed by atoms with van der Waals surface area (Å²) in [5.74, 6) is 0.167. The van der Waals surface area contributed by atoms with Crippen molar-refractivity contribution in [1.82, 2.24) is 0 Å². The van der Waals surface area contributed by atoms with Gasteiger partial charge in [0.25, 0.3) is 11.8 Å². The van der Waals surface area contributed by atoms with Gasteiger partial charge in [-0.1, -0.05) is 56.3 Å². The van der Waals surface area contributed by atoms with Crippen LogP contribution in [0.4, 0.5) is 5.00 Å². The molecular weight excluding hydrogens is 396 g/mol. The lowest BCUT2D eigenvalue weighted by molar-refractivity contribution is -0.118. The molecule has 1 aromatic heterocycles. The van der Waals surface area contributed by atoms with Crippen molar-refractivity contribution in [3.8, 4) is 5.75 Å². The van der Waals surface area contributed by atoms with Gasteiger partial charge in [-0.2, -0.15) is 0 Å². The zero-order valence-corrected chi connectivity index (χ0v) is 18.2. The molecule has 156 valence electrons. The molecule has 0 radical (unpaired) electrons. The van der Waals surface area contributed by atoms with Gasteiger partial charge in [0, 0.05) is 11.3 Å². The number of amides is 2. The molecule has 3 N–H and O–H groups in total. The molecule has 0 saturated carbocycles. The van der Waals surface area contributed by atoms with E-state index in [1.165, 1.54) is 16.9 Å². The minimum Gasteiger partial charge on any atom is -0.484 e. The van der Waals surface area contributed by atoms with Crippen molar-refractivity contribution in [2.75, 3.05) is 11.9 Å². The zero-order valence-electron chi connectivity index (χ0n) is 17.4. The Labute approximate surface area is 180 Å². The zero-order chi connectivity index (χ0) is 21.7. The molecule has 0 aliphatic heterocycles. The average molecular weight is 423 g/mol. The topological polar surface area (TPSA) is 81.4 Å². The van der Waals surface area contributed by atoms with E-state index in [0.29, 0.717) is 28.7 Å². The third-order valence-electron chi connectivity index (χ3n) is 4.87. The van der Waals surface area contributed by atoms with Gasteiger partial charge in [0.15, 0.2) is 6.61 Å². The molecule has 0 saturated heterocycles. The van der Waals surface area contributed by atoms with Crippen LogP contribution in [0.25, 0.3) is 0 Å². The van der Waals surface area contributed by atoms with Gasteiger partial charge in [-0.05, 0) is 41.7 Å². The van der Waals surface area contributed by atoms with Gasteiger partial charge in [-0.3, -0.25) is 9.59 Å². The van der Waals surface area contributed by atoms with Crippen molar-refractivity contribution in [3.05, 3.63) is 81.7 Å². The molecule has 2 aromatic carbocycles. The highest BCUT2D eigenvalue weighted by Crippen LogP contribution is 2.34. The summed E-state index contributed by atoms with van der Waals surface area (Å²) in [5.41, 5.74) is 9.09. The first kappa shape index (κ1) is 21.6. The number of hydrogen-bond donors (Lipinski definition) is 2. The smallest absolute Gasteiger partial charge is 0.262 e. The van der Waals surface area contributed by atoms with Crippen LogP contribution in [0.3, 0.4) is 0 Å². The Kier molecular flexibility index (Phi) is 6.90. The van der Waals surface area contributed by atoms with E-state index in [9.17, 15) is 9.59 Å². The minimum atomic E-state index is -0.552. The van der Waals surface area contributed by atoms with E-state index in [0.717, 1.165) is 16.0 Å². The van der Waals surface area contributed by atoms with Crippen molar-refractivity contribution >= 4 is 28.2 Å². The molecule has 1 heterocycles. The Morgan fingerprint density at radius 3 is 2.33 bits per heavy atom. The van der Waals surface area contributed by atoms with Gasteiger partial charge < -0.3 is 15.8 Å². The van der Waals surface area contributed by atoms with Crippen molar-refractivity contribution in [2.45, 2.75) is 33.1 Å². The van der Waals surface area contributed by atoms with Crippen molar-refractivity contribution < 1.29 is 14.3 Å². The summed E-state index contributed by atoms with van der Waals surface area (Å²) in [6.45, 7) is 5.95. The van der Waals surface area contributed by atoms with Gasteiger partial charge >= 0.3 is 0 Å². The molecule has 3 aromatic rings. The lowest BCUT2D eigenvalue weighted by atomic mass is 10.0. The lowest BCUT2D eigenvalue weighted by Gasteiger charge is -2.09. The minimum absolute atomic E-state index is 0.149. The monoisotopic (exact) mass is 422 g/mol. The number of benzene rings is 2. The summed E-state index contributed by atoms with van der Waals surface area (Å²) in [5, 5.41) is 3.26. The summed E-state index contributed by atoms with van der Waals surface area (Å²) >= 11 is 1.38.